The number of aromatic amines is 1. The molecule has 0 spiro atoms. The summed E-state index contributed by atoms with van der Waals surface area (Å²) in [4.78, 5) is 3.54. The minimum Gasteiger partial charge on any atom is -0.358 e. The molecule has 4 heterocycles. The van der Waals surface area contributed by atoms with E-state index in [9.17, 15) is 0 Å². The summed E-state index contributed by atoms with van der Waals surface area (Å²) in [5.74, 6) is 0. The van der Waals surface area contributed by atoms with E-state index in [2.05, 4.69) is 109 Å². The molecular weight excluding hydrogens is 392 g/mol. The van der Waals surface area contributed by atoms with Crippen molar-refractivity contribution in [3.8, 4) is 11.1 Å². The summed E-state index contributed by atoms with van der Waals surface area (Å²) in [6.07, 6.45) is 2.17. The molecule has 32 heavy (non-hydrogen) atoms. The second-order valence-electron chi connectivity index (χ2n) is 8.81. The zero-order valence-electron chi connectivity index (χ0n) is 18.9. The van der Waals surface area contributed by atoms with Crippen molar-refractivity contribution in [2.75, 3.05) is 0 Å². The van der Waals surface area contributed by atoms with Crippen LogP contribution in [0.15, 0.2) is 66.9 Å². The molecule has 0 atom stereocenters. The Hall–Kier alpha value is -3.79. The van der Waals surface area contributed by atoms with E-state index in [-0.39, 0.29) is 0 Å². The highest BCUT2D eigenvalue weighted by molar-refractivity contribution is 6.04. The van der Waals surface area contributed by atoms with Crippen molar-refractivity contribution in [1.29, 1.82) is 0 Å². The van der Waals surface area contributed by atoms with Crippen LogP contribution < -0.4 is 0 Å². The number of H-pyrrole nitrogens is 1. The number of hydrogen-bond acceptors (Lipinski definition) is 1. The molecule has 0 saturated heterocycles. The van der Waals surface area contributed by atoms with E-state index in [1.54, 1.807) is 0 Å². The topological polar surface area (TPSA) is 38.0 Å². The van der Waals surface area contributed by atoms with E-state index >= 15 is 0 Å². The van der Waals surface area contributed by atoms with Crippen molar-refractivity contribution in [3.63, 3.8) is 0 Å². The van der Waals surface area contributed by atoms with Gasteiger partial charge in [0.2, 0.25) is 0 Å². The number of rotatable bonds is 3. The van der Waals surface area contributed by atoms with Gasteiger partial charge in [-0.15, -0.1) is 0 Å². The molecule has 2 aromatic carbocycles. The number of aryl methyl sites for hydroxylation is 4. The SMILES string of the molecule is Cc1[nH]c2ccccc2c1-c1cc2c3c(C)n(Cc4ccccc4)c(C)c3c(C)nn2c1. The van der Waals surface area contributed by atoms with Crippen molar-refractivity contribution >= 4 is 27.2 Å². The van der Waals surface area contributed by atoms with Gasteiger partial charge in [0.25, 0.3) is 0 Å². The average Bonchev–Trinajstić information content (AvgIpc) is 3.42. The van der Waals surface area contributed by atoms with E-state index in [0.717, 1.165) is 17.8 Å². The summed E-state index contributed by atoms with van der Waals surface area (Å²) >= 11 is 0. The molecule has 0 radical (unpaired) electrons. The van der Waals surface area contributed by atoms with Crippen LogP contribution in [-0.4, -0.2) is 19.2 Å². The lowest BCUT2D eigenvalue weighted by atomic mass is 10.0. The predicted octanol–water partition coefficient (Wildman–Crippen LogP) is 6.72. The molecule has 0 aliphatic heterocycles. The molecule has 158 valence electrons. The third-order valence-electron chi connectivity index (χ3n) is 6.83. The van der Waals surface area contributed by atoms with Crippen LogP contribution in [0.4, 0.5) is 0 Å². The first-order valence-electron chi connectivity index (χ1n) is 11.1. The molecule has 0 aliphatic carbocycles. The quantitative estimate of drug-likeness (QED) is 0.340. The molecule has 1 N–H and O–H groups in total. The Morgan fingerprint density at radius 3 is 2.38 bits per heavy atom. The Kier molecular flexibility index (Phi) is 4.06. The molecule has 0 bridgehead atoms. The highest BCUT2D eigenvalue weighted by Gasteiger charge is 2.20. The van der Waals surface area contributed by atoms with Crippen LogP contribution in [0.1, 0.15) is 28.3 Å². The van der Waals surface area contributed by atoms with Gasteiger partial charge in [0, 0.05) is 62.6 Å². The maximum atomic E-state index is 4.96. The highest BCUT2D eigenvalue weighted by atomic mass is 15.2. The number of fused-ring (bicyclic) bond motifs is 4. The maximum Gasteiger partial charge on any atom is 0.0749 e. The van der Waals surface area contributed by atoms with Crippen molar-refractivity contribution < 1.29 is 0 Å². The fourth-order valence-corrected chi connectivity index (χ4v) is 5.36. The molecule has 0 unspecified atom stereocenters. The minimum atomic E-state index is 0.869. The minimum absolute atomic E-state index is 0.869. The molecule has 4 heteroatoms. The van der Waals surface area contributed by atoms with E-state index in [0.29, 0.717) is 0 Å². The predicted molar refractivity (Wildman–Crippen MR) is 132 cm³/mol. The zero-order valence-corrected chi connectivity index (χ0v) is 18.9. The second-order valence-corrected chi connectivity index (χ2v) is 8.81. The van der Waals surface area contributed by atoms with Gasteiger partial charge in [-0.3, -0.25) is 0 Å². The summed E-state index contributed by atoms with van der Waals surface area (Å²) in [6.45, 7) is 9.60. The third-order valence-corrected chi connectivity index (χ3v) is 6.83. The van der Waals surface area contributed by atoms with Gasteiger partial charge < -0.3 is 9.55 Å². The number of hydrogen-bond donors (Lipinski definition) is 1. The molecular formula is C28H26N4. The van der Waals surface area contributed by atoms with Crippen LogP contribution in [0.5, 0.6) is 0 Å². The molecule has 0 aliphatic rings. The molecule has 4 aromatic heterocycles. The summed E-state index contributed by atoms with van der Waals surface area (Å²) in [6, 6.07) is 21.5. The van der Waals surface area contributed by atoms with Gasteiger partial charge in [0.15, 0.2) is 0 Å². The zero-order chi connectivity index (χ0) is 22.0. The average molecular weight is 419 g/mol. The Morgan fingerprint density at radius 1 is 0.844 bits per heavy atom. The molecule has 6 rings (SSSR count). The lowest BCUT2D eigenvalue weighted by molar-refractivity contribution is 0.754. The summed E-state index contributed by atoms with van der Waals surface area (Å²) < 4.78 is 4.49. The van der Waals surface area contributed by atoms with Gasteiger partial charge in [0.05, 0.1) is 11.2 Å². The third kappa shape index (κ3) is 2.65. The summed E-state index contributed by atoms with van der Waals surface area (Å²) in [7, 11) is 0. The fourth-order valence-electron chi connectivity index (χ4n) is 5.36. The Balaban J connectivity index is 1.61. The Labute approximate surface area is 187 Å². The van der Waals surface area contributed by atoms with Crippen molar-refractivity contribution in [2.24, 2.45) is 0 Å². The summed E-state index contributed by atoms with van der Waals surface area (Å²) in [5.41, 5.74) is 10.9. The first-order chi connectivity index (χ1) is 15.5. The van der Waals surface area contributed by atoms with Gasteiger partial charge in [-0.05, 0) is 45.4 Å². The second kappa shape index (κ2) is 6.86. The van der Waals surface area contributed by atoms with Crippen LogP contribution in [-0.2, 0) is 6.54 Å². The molecule has 4 nitrogen and oxygen atoms in total. The van der Waals surface area contributed by atoms with E-state index in [4.69, 9.17) is 5.10 Å². The van der Waals surface area contributed by atoms with E-state index in [1.807, 2.05) is 0 Å². The van der Waals surface area contributed by atoms with E-state index in [1.165, 1.54) is 55.4 Å². The standard InChI is InChI=1S/C28H26N4/c1-17-27(23-12-8-9-13-24(23)29-17)22-14-25-28-20(4)31(15-21-10-6-5-7-11-21)19(3)26(28)18(2)30-32(25)16-22/h5-14,16,29H,15H2,1-4H3. The number of benzene rings is 2. The monoisotopic (exact) mass is 418 g/mol. The van der Waals surface area contributed by atoms with Gasteiger partial charge >= 0.3 is 0 Å². The van der Waals surface area contributed by atoms with Crippen LogP contribution in [0, 0.1) is 27.7 Å². The van der Waals surface area contributed by atoms with Gasteiger partial charge in [-0.1, -0.05) is 48.5 Å². The van der Waals surface area contributed by atoms with Crippen molar-refractivity contribution in [2.45, 2.75) is 34.2 Å². The van der Waals surface area contributed by atoms with Crippen LogP contribution in [0.25, 0.3) is 38.3 Å². The lowest BCUT2D eigenvalue weighted by Gasteiger charge is -2.09. The Bertz CT molecular complexity index is 1630. The molecule has 0 amide bonds. The Morgan fingerprint density at radius 2 is 1.56 bits per heavy atom. The van der Waals surface area contributed by atoms with Crippen LogP contribution in [0.3, 0.4) is 0 Å². The smallest absolute Gasteiger partial charge is 0.0749 e. The molecule has 0 fully saturated rings. The number of aromatic nitrogens is 4. The maximum absolute atomic E-state index is 4.96. The first-order valence-corrected chi connectivity index (χ1v) is 11.1. The van der Waals surface area contributed by atoms with Gasteiger partial charge in [-0.25, -0.2) is 4.52 Å². The summed E-state index contributed by atoms with van der Waals surface area (Å²) in [5, 5.41) is 8.78. The largest absolute Gasteiger partial charge is 0.358 e. The normalized spacial score (nSPS) is 11.9. The van der Waals surface area contributed by atoms with Crippen LogP contribution >= 0.6 is 0 Å². The van der Waals surface area contributed by atoms with E-state index < -0.39 is 0 Å². The van der Waals surface area contributed by atoms with Gasteiger partial charge in [0.1, 0.15) is 0 Å². The van der Waals surface area contributed by atoms with Gasteiger partial charge in [-0.2, -0.15) is 5.10 Å². The fraction of sp³-hybridized carbons (Fsp3) is 0.179. The number of nitrogens with one attached hydrogen (secondary N) is 1. The molecule has 6 aromatic rings. The van der Waals surface area contributed by atoms with Crippen LogP contribution in [0.2, 0.25) is 0 Å². The first kappa shape index (κ1) is 18.9. The highest BCUT2D eigenvalue weighted by Crippen LogP contribution is 2.37. The van der Waals surface area contributed by atoms with Crippen molar-refractivity contribution in [3.05, 3.63) is 95.2 Å². The lowest BCUT2D eigenvalue weighted by Crippen LogP contribution is -2.03. The van der Waals surface area contributed by atoms with Crippen molar-refractivity contribution in [1.82, 2.24) is 19.2 Å². The number of nitrogens with zero attached hydrogens (tertiary/aromatic N) is 3. The number of para-hydroxylation sites is 1. The molecule has 0 saturated carbocycles.